The summed E-state index contributed by atoms with van der Waals surface area (Å²) in [6.45, 7) is 1.68. The van der Waals surface area contributed by atoms with Crippen LogP contribution in [-0.4, -0.2) is 35.5 Å². The highest BCUT2D eigenvalue weighted by Crippen LogP contribution is 2.42. The van der Waals surface area contributed by atoms with Crippen LogP contribution < -0.4 is 5.32 Å². The second-order valence-corrected chi connectivity index (χ2v) is 6.03. The van der Waals surface area contributed by atoms with E-state index in [9.17, 15) is 5.11 Å². The van der Waals surface area contributed by atoms with Crippen molar-refractivity contribution < 1.29 is 9.84 Å². The quantitative estimate of drug-likeness (QED) is 0.766. The summed E-state index contributed by atoms with van der Waals surface area (Å²) in [5.74, 6) is 0. The summed E-state index contributed by atoms with van der Waals surface area (Å²) < 4.78 is 5.90. The van der Waals surface area contributed by atoms with Gasteiger partial charge in [-0.15, -0.1) is 0 Å². The second kappa shape index (κ2) is 3.97. The fourth-order valence-corrected chi connectivity index (χ4v) is 3.22. The molecule has 3 rings (SSSR count). The SMILES string of the molecule is OC1(CNC2CCOC3(CCC3)C2)CCC1. The average molecular weight is 225 g/mol. The number of rotatable bonds is 3. The Morgan fingerprint density at radius 3 is 2.50 bits per heavy atom. The standard InChI is InChI=1S/C13H23NO2/c15-12(4-1-5-12)10-14-11-3-8-16-13(9-11)6-2-7-13/h11,14-15H,1-10H2. The van der Waals surface area contributed by atoms with Gasteiger partial charge in [0.25, 0.3) is 0 Å². The van der Waals surface area contributed by atoms with Crippen LogP contribution in [0.2, 0.25) is 0 Å². The molecule has 0 radical (unpaired) electrons. The summed E-state index contributed by atoms with van der Waals surface area (Å²) in [5, 5.41) is 13.6. The van der Waals surface area contributed by atoms with Crippen molar-refractivity contribution in [2.24, 2.45) is 0 Å². The maximum absolute atomic E-state index is 10.0. The molecule has 2 saturated carbocycles. The molecule has 1 heterocycles. The first kappa shape index (κ1) is 11.0. The molecule has 92 valence electrons. The Bertz CT molecular complexity index is 259. The molecule has 2 N–H and O–H groups in total. The van der Waals surface area contributed by atoms with Gasteiger partial charge in [-0.3, -0.25) is 0 Å². The van der Waals surface area contributed by atoms with E-state index in [1.165, 1.54) is 25.7 Å². The van der Waals surface area contributed by atoms with Gasteiger partial charge in [-0.05, 0) is 51.4 Å². The Morgan fingerprint density at radius 1 is 1.19 bits per heavy atom. The summed E-state index contributed by atoms with van der Waals surface area (Å²) >= 11 is 0. The monoisotopic (exact) mass is 225 g/mol. The summed E-state index contributed by atoms with van der Waals surface area (Å²) in [7, 11) is 0. The lowest BCUT2D eigenvalue weighted by molar-refractivity contribution is -0.137. The van der Waals surface area contributed by atoms with Gasteiger partial charge in [0, 0.05) is 19.2 Å². The topological polar surface area (TPSA) is 41.5 Å². The van der Waals surface area contributed by atoms with Crippen LogP contribution in [0.5, 0.6) is 0 Å². The largest absolute Gasteiger partial charge is 0.389 e. The molecule has 1 saturated heterocycles. The molecule has 16 heavy (non-hydrogen) atoms. The first-order valence-electron chi connectivity index (χ1n) is 6.80. The van der Waals surface area contributed by atoms with Crippen LogP contribution in [0.15, 0.2) is 0 Å². The third kappa shape index (κ3) is 2.01. The second-order valence-electron chi connectivity index (χ2n) is 6.03. The van der Waals surface area contributed by atoms with E-state index >= 15 is 0 Å². The molecule has 2 aliphatic carbocycles. The van der Waals surface area contributed by atoms with E-state index in [2.05, 4.69) is 5.32 Å². The maximum atomic E-state index is 10.0. The van der Waals surface area contributed by atoms with Crippen molar-refractivity contribution in [2.45, 2.75) is 68.6 Å². The number of hydrogen-bond donors (Lipinski definition) is 2. The molecule has 0 amide bonds. The summed E-state index contributed by atoms with van der Waals surface area (Å²) in [5.41, 5.74) is -0.163. The van der Waals surface area contributed by atoms with Crippen LogP contribution >= 0.6 is 0 Å². The number of hydrogen-bond acceptors (Lipinski definition) is 3. The van der Waals surface area contributed by atoms with Gasteiger partial charge in [0.2, 0.25) is 0 Å². The summed E-state index contributed by atoms with van der Waals surface area (Å²) in [4.78, 5) is 0. The molecule has 0 bridgehead atoms. The van der Waals surface area contributed by atoms with Crippen LogP contribution in [0, 0.1) is 0 Å². The molecule has 0 aromatic carbocycles. The molecule has 0 aromatic rings. The lowest BCUT2D eigenvalue weighted by Crippen LogP contribution is -2.54. The Kier molecular flexibility index (Phi) is 2.73. The molecule has 1 atom stereocenters. The Labute approximate surface area is 97.6 Å². The Hall–Kier alpha value is -0.120. The van der Waals surface area contributed by atoms with Crippen LogP contribution in [0.25, 0.3) is 0 Å². The van der Waals surface area contributed by atoms with Crippen LogP contribution in [0.1, 0.15) is 51.4 Å². The van der Waals surface area contributed by atoms with E-state index in [1.807, 2.05) is 0 Å². The average Bonchev–Trinajstić information content (AvgIpc) is 2.22. The van der Waals surface area contributed by atoms with Gasteiger partial charge >= 0.3 is 0 Å². The minimum absolute atomic E-state index is 0.220. The van der Waals surface area contributed by atoms with E-state index in [1.54, 1.807) is 0 Å². The van der Waals surface area contributed by atoms with Gasteiger partial charge in [-0.2, -0.15) is 0 Å². The highest BCUT2D eigenvalue weighted by Gasteiger charge is 2.43. The summed E-state index contributed by atoms with van der Waals surface area (Å²) in [6.07, 6.45) is 9.24. The molecule has 1 aliphatic heterocycles. The fourth-order valence-electron chi connectivity index (χ4n) is 3.22. The molecular weight excluding hydrogens is 202 g/mol. The van der Waals surface area contributed by atoms with Crippen molar-refractivity contribution in [1.82, 2.24) is 5.32 Å². The highest BCUT2D eigenvalue weighted by molar-refractivity contribution is 4.97. The molecule has 3 heteroatoms. The first-order chi connectivity index (χ1) is 7.70. The van der Waals surface area contributed by atoms with E-state index < -0.39 is 0 Å². The summed E-state index contributed by atoms with van der Waals surface area (Å²) in [6, 6.07) is 0.568. The van der Waals surface area contributed by atoms with Crippen molar-refractivity contribution in [3.05, 3.63) is 0 Å². The lowest BCUT2D eigenvalue weighted by Gasteiger charge is -2.48. The van der Waals surface area contributed by atoms with Crippen LogP contribution in [0.4, 0.5) is 0 Å². The maximum Gasteiger partial charge on any atom is 0.0771 e. The molecule has 1 spiro atoms. The third-order valence-corrected chi connectivity index (χ3v) is 4.76. The molecule has 3 aliphatic rings. The molecule has 3 nitrogen and oxygen atoms in total. The normalized spacial score (nSPS) is 35.4. The predicted molar refractivity (Wildman–Crippen MR) is 62.4 cm³/mol. The van der Waals surface area contributed by atoms with E-state index in [-0.39, 0.29) is 11.2 Å². The van der Waals surface area contributed by atoms with E-state index in [0.29, 0.717) is 6.04 Å². The van der Waals surface area contributed by atoms with Gasteiger partial charge < -0.3 is 15.2 Å². The van der Waals surface area contributed by atoms with Crippen molar-refractivity contribution in [3.63, 3.8) is 0 Å². The van der Waals surface area contributed by atoms with Gasteiger partial charge in [0.1, 0.15) is 0 Å². The number of aliphatic hydroxyl groups is 1. The van der Waals surface area contributed by atoms with Crippen LogP contribution in [0.3, 0.4) is 0 Å². The smallest absolute Gasteiger partial charge is 0.0771 e. The molecular formula is C13H23NO2. The Morgan fingerprint density at radius 2 is 1.94 bits per heavy atom. The van der Waals surface area contributed by atoms with E-state index in [4.69, 9.17) is 4.74 Å². The zero-order valence-corrected chi connectivity index (χ0v) is 10.0. The third-order valence-electron chi connectivity index (χ3n) is 4.76. The molecule has 3 fully saturated rings. The fraction of sp³-hybridized carbons (Fsp3) is 1.00. The van der Waals surface area contributed by atoms with Gasteiger partial charge in [-0.25, -0.2) is 0 Å². The zero-order chi connectivity index (χ0) is 11.1. The van der Waals surface area contributed by atoms with Gasteiger partial charge in [-0.1, -0.05) is 0 Å². The predicted octanol–water partition coefficient (Wildman–Crippen LogP) is 1.59. The molecule has 0 aromatic heterocycles. The van der Waals surface area contributed by atoms with Crippen molar-refractivity contribution in [1.29, 1.82) is 0 Å². The van der Waals surface area contributed by atoms with Gasteiger partial charge in [0.05, 0.1) is 11.2 Å². The first-order valence-corrected chi connectivity index (χ1v) is 6.80. The number of ether oxygens (including phenoxy) is 1. The van der Waals surface area contributed by atoms with Gasteiger partial charge in [0.15, 0.2) is 0 Å². The van der Waals surface area contributed by atoms with Crippen molar-refractivity contribution in [3.8, 4) is 0 Å². The van der Waals surface area contributed by atoms with Crippen LogP contribution in [-0.2, 0) is 4.74 Å². The van der Waals surface area contributed by atoms with Crippen molar-refractivity contribution >= 4 is 0 Å². The minimum Gasteiger partial charge on any atom is -0.389 e. The molecule has 1 unspecified atom stereocenters. The van der Waals surface area contributed by atoms with E-state index in [0.717, 1.165) is 38.8 Å². The number of nitrogens with one attached hydrogen (secondary N) is 1. The minimum atomic E-state index is -0.384. The van der Waals surface area contributed by atoms with Crippen molar-refractivity contribution in [2.75, 3.05) is 13.2 Å². The highest BCUT2D eigenvalue weighted by atomic mass is 16.5. The lowest BCUT2D eigenvalue weighted by atomic mass is 9.73. The Balaban J connectivity index is 1.47. The zero-order valence-electron chi connectivity index (χ0n) is 10.0.